The van der Waals surface area contributed by atoms with Gasteiger partial charge in [0.2, 0.25) is 0 Å². The first kappa shape index (κ1) is 13.9. The minimum absolute atomic E-state index is 0.0267. The molecule has 0 spiro atoms. The van der Waals surface area contributed by atoms with Crippen molar-refractivity contribution in [1.82, 2.24) is 19.9 Å². The number of nitrogens with zero attached hydrogens (tertiary/aromatic N) is 3. The van der Waals surface area contributed by atoms with Crippen LogP contribution in [0.15, 0.2) is 48.7 Å². The zero-order valence-electron chi connectivity index (χ0n) is 12.5. The number of hydrogen-bond acceptors (Lipinski definition) is 4. The average molecular weight is 308 g/mol. The van der Waals surface area contributed by atoms with Crippen LogP contribution in [-0.4, -0.2) is 33.6 Å². The van der Waals surface area contributed by atoms with E-state index in [0.717, 1.165) is 16.9 Å². The van der Waals surface area contributed by atoms with E-state index in [1.807, 2.05) is 24.3 Å². The van der Waals surface area contributed by atoms with Crippen LogP contribution in [0, 0.1) is 0 Å². The molecule has 0 saturated heterocycles. The summed E-state index contributed by atoms with van der Waals surface area (Å²) in [5.74, 6) is 0.719. The summed E-state index contributed by atoms with van der Waals surface area (Å²) < 4.78 is 7.79. The van der Waals surface area contributed by atoms with Gasteiger partial charge in [-0.1, -0.05) is 18.2 Å². The summed E-state index contributed by atoms with van der Waals surface area (Å²) in [5.41, 5.74) is 2.44. The summed E-state index contributed by atoms with van der Waals surface area (Å²) in [6.45, 7) is 1.53. The van der Waals surface area contributed by atoms with Crippen LogP contribution in [0.25, 0.3) is 11.0 Å². The number of hydrogen-bond donors (Lipinski definition) is 1. The molecule has 6 heteroatoms. The van der Waals surface area contributed by atoms with Gasteiger partial charge in [0.05, 0.1) is 23.7 Å². The number of imidazole rings is 1. The fourth-order valence-electron chi connectivity index (χ4n) is 2.91. The molecule has 116 valence electrons. The summed E-state index contributed by atoms with van der Waals surface area (Å²) in [7, 11) is 0. The lowest BCUT2D eigenvalue weighted by Crippen LogP contribution is -2.36. The molecule has 0 unspecified atom stereocenters. The van der Waals surface area contributed by atoms with E-state index in [2.05, 4.69) is 19.9 Å². The van der Waals surface area contributed by atoms with Gasteiger partial charge in [-0.25, -0.2) is 4.98 Å². The zero-order valence-corrected chi connectivity index (χ0v) is 12.5. The normalized spacial score (nSPS) is 17.0. The lowest BCUT2D eigenvalue weighted by molar-refractivity contribution is 0.0552. The van der Waals surface area contributed by atoms with Crippen LogP contribution in [0.3, 0.4) is 0 Å². The number of carbonyl (C=O) groups excluding carboxylic acids is 1. The van der Waals surface area contributed by atoms with Gasteiger partial charge >= 0.3 is 0 Å². The highest BCUT2D eigenvalue weighted by atomic mass is 16.5. The maximum atomic E-state index is 12.2. The highest BCUT2D eigenvalue weighted by molar-refractivity contribution is 5.92. The summed E-state index contributed by atoms with van der Waals surface area (Å²) >= 11 is 0. The first-order valence-corrected chi connectivity index (χ1v) is 7.56. The molecule has 1 amide bonds. The molecule has 0 aliphatic carbocycles. The molecule has 1 aromatic carbocycles. The van der Waals surface area contributed by atoms with Gasteiger partial charge in [-0.05, 0) is 24.3 Å². The number of amides is 1. The van der Waals surface area contributed by atoms with Crippen LogP contribution in [-0.2, 0) is 11.3 Å². The molecule has 3 aromatic rings. The van der Waals surface area contributed by atoms with Gasteiger partial charge in [0.1, 0.15) is 18.1 Å². The zero-order chi connectivity index (χ0) is 15.6. The lowest BCUT2D eigenvalue weighted by Gasteiger charge is -2.26. The molecule has 2 aromatic heterocycles. The summed E-state index contributed by atoms with van der Waals surface area (Å²) in [5, 5.41) is 2.93. The first-order valence-electron chi connectivity index (χ1n) is 7.56. The molecule has 6 nitrogen and oxygen atoms in total. The number of aromatic nitrogens is 3. The minimum atomic E-state index is -0.179. The Labute approximate surface area is 133 Å². The number of rotatable bonds is 3. The van der Waals surface area contributed by atoms with Crippen molar-refractivity contribution >= 4 is 16.9 Å². The Morgan fingerprint density at radius 2 is 2.13 bits per heavy atom. The molecule has 0 fully saturated rings. The topological polar surface area (TPSA) is 69.0 Å². The summed E-state index contributed by atoms with van der Waals surface area (Å²) in [6.07, 6.45) is 1.61. The van der Waals surface area contributed by atoms with Crippen molar-refractivity contribution < 1.29 is 9.53 Å². The Morgan fingerprint density at radius 1 is 1.26 bits per heavy atom. The predicted octanol–water partition coefficient (Wildman–Crippen LogP) is 1.93. The first-order chi connectivity index (χ1) is 11.3. The van der Waals surface area contributed by atoms with Crippen LogP contribution in [0.4, 0.5) is 0 Å². The van der Waals surface area contributed by atoms with Crippen molar-refractivity contribution in [2.75, 3.05) is 13.2 Å². The number of benzene rings is 1. The molecule has 0 radical (unpaired) electrons. The Balaban J connectivity index is 1.56. The van der Waals surface area contributed by atoms with Gasteiger partial charge in [0.25, 0.3) is 5.91 Å². The van der Waals surface area contributed by atoms with Gasteiger partial charge in [-0.3, -0.25) is 9.78 Å². The van der Waals surface area contributed by atoms with Gasteiger partial charge < -0.3 is 14.6 Å². The molecular weight excluding hydrogens is 292 g/mol. The maximum absolute atomic E-state index is 12.2. The maximum Gasteiger partial charge on any atom is 0.269 e. The third kappa shape index (κ3) is 2.57. The number of fused-ring (bicyclic) bond motifs is 3. The average Bonchev–Trinajstić information content (AvgIpc) is 2.99. The number of para-hydroxylation sites is 2. The van der Waals surface area contributed by atoms with Crippen LogP contribution in [0.2, 0.25) is 0 Å². The van der Waals surface area contributed by atoms with Crippen molar-refractivity contribution in [1.29, 1.82) is 0 Å². The highest BCUT2D eigenvalue weighted by Gasteiger charge is 2.24. The lowest BCUT2D eigenvalue weighted by atomic mass is 10.2. The molecule has 1 N–H and O–H groups in total. The van der Waals surface area contributed by atoms with E-state index in [9.17, 15) is 4.79 Å². The van der Waals surface area contributed by atoms with Crippen LogP contribution in [0.5, 0.6) is 0 Å². The fourth-order valence-corrected chi connectivity index (χ4v) is 2.91. The Kier molecular flexibility index (Phi) is 3.51. The van der Waals surface area contributed by atoms with E-state index in [-0.39, 0.29) is 11.9 Å². The van der Waals surface area contributed by atoms with Crippen molar-refractivity contribution in [3.8, 4) is 0 Å². The number of ether oxygens (including phenoxy) is 1. The second-order valence-electron chi connectivity index (χ2n) is 5.48. The van der Waals surface area contributed by atoms with E-state index in [4.69, 9.17) is 4.74 Å². The van der Waals surface area contributed by atoms with E-state index >= 15 is 0 Å². The van der Waals surface area contributed by atoms with Gasteiger partial charge in [0.15, 0.2) is 0 Å². The fraction of sp³-hybridized carbons (Fsp3) is 0.235. The second kappa shape index (κ2) is 5.81. The molecule has 23 heavy (non-hydrogen) atoms. The van der Waals surface area contributed by atoms with E-state index in [0.29, 0.717) is 25.5 Å². The summed E-state index contributed by atoms with van der Waals surface area (Å²) in [6, 6.07) is 13.3. The molecule has 1 aliphatic rings. The number of nitrogens with one attached hydrogen (secondary N) is 1. The van der Waals surface area contributed by atoms with Gasteiger partial charge in [0, 0.05) is 12.7 Å². The third-order valence-corrected chi connectivity index (χ3v) is 3.97. The monoisotopic (exact) mass is 308 g/mol. The van der Waals surface area contributed by atoms with Crippen LogP contribution in [0.1, 0.15) is 22.4 Å². The molecule has 1 aliphatic heterocycles. The Hall–Kier alpha value is -2.73. The van der Waals surface area contributed by atoms with Crippen molar-refractivity contribution in [2.45, 2.75) is 12.6 Å². The quantitative estimate of drug-likeness (QED) is 0.803. The van der Waals surface area contributed by atoms with E-state index < -0.39 is 0 Å². The smallest absolute Gasteiger partial charge is 0.269 e. The third-order valence-electron chi connectivity index (χ3n) is 3.97. The SMILES string of the molecule is O=C(NC[C@H]1COCc2nc3ccccc3n21)c1ccccn1. The standard InChI is InChI=1S/C17H16N4O2/c22-17(14-6-3-4-8-18-14)19-9-12-10-23-11-16-20-13-5-1-2-7-15(13)21(12)16/h1-8,12H,9-11H2,(H,19,22)/t12-/m0/s1. The largest absolute Gasteiger partial charge is 0.371 e. The summed E-state index contributed by atoms with van der Waals surface area (Å²) in [4.78, 5) is 20.8. The van der Waals surface area contributed by atoms with Crippen LogP contribution < -0.4 is 5.32 Å². The molecular formula is C17H16N4O2. The molecule has 1 atom stereocenters. The van der Waals surface area contributed by atoms with Crippen molar-refractivity contribution in [2.24, 2.45) is 0 Å². The molecule has 3 heterocycles. The van der Waals surface area contributed by atoms with E-state index in [1.54, 1.807) is 24.4 Å². The molecule has 4 rings (SSSR count). The minimum Gasteiger partial charge on any atom is -0.371 e. The number of carbonyl (C=O) groups is 1. The molecule has 0 bridgehead atoms. The predicted molar refractivity (Wildman–Crippen MR) is 85.0 cm³/mol. The van der Waals surface area contributed by atoms with E-state index in [1.165, 1.54) is 0 Å². The number of pyridine rings is 1. The second-order valence-corrected chi connectivity index (χ2v) is 5.48. The van der Waals surface area contributed by atoms with Crippen LogP contribution >= 0.6 is 0 Å². The van der Waals surface area contributed by atoms with Crippen molar-refractivity contribution in [3.63, 3.8) is 0 Å². The van der Waals surface area contributed by atoms with Gasteiger partial charge in [-0.15, -0.1) is 0 Å². The van der Waals surface area contributed by atoms with Crippen molar-refractivity contribution in [3.05, 3.63) is 60.2 Å². The Morgan fingerprint density at radius 3 is 3.00 bits per heavy atom. The van der Waals surface area contributed by atoms with Gasteiger partial charge in [-0.2, -0.15) is 0 Å². The Bertz CT molecular complexity index is 844. The highest BCUT2D eigenvalue weighted by Crippen LogP contribution is 2.25. The molecule has 0 saturated carbocycles.